The highest BCUT2D eigenvalue weighted by molar-refractivity contribution is 6.31. The van der Waals surface area contributed by atoms with E-state index in [0.29, 0.717) is 45.6 Å². The number of rotatable bonds is 11. The van der Waals surface area contributed by atoms with E-state index < -0.39 is 11.9 Å². The maximum absolute atomic E-state index is 13.4. The summed E-state index contributed by atoms with van der Waals surface area (Å²) in [5.41, 5.74) is 10.5. The highest BCUT2D eigenvalue weighted by atomic mass is 35.5. The summed E-state index contributed by atoms with van der Waals surface area (Å²) in [7, 11) is 1.51. The molecule has 3 aromatic rings. The molecule has 0 spiro atoms. The molecular formula is C26H26ClN6O4+. The van der Waals surface area contributed by atoms with E-state index in [1.165, 1.54) is 24.0 Å². The summed E-state index contributed by atoms with van der Waals surface area (Å²) in [6, 6.07) is 14.7. The van der Waals surface area contributed by atoms with Crippen molar-refractivity contribution >= 4 is 41.2 Å². The van der Waals surface area contributed by atoms with Crippen LogP contribution < -0.4 is 19.9 Å². The number of aromatic nitrogens is 1. The number of halogens is 1. The molecule has 1 aliphatic carbocycles. The van der Waals surface area contributed by atoms with E-state index in [9.17, 15) is 9.59 Å². The number of carbonyl (C=O) groups excluding carboxylic acids is 1. The Bertz CT molecular complexity index is 1340. The number of anilines is 2. The molecule has 4 rings (SSSR count). The van der Waals surface area contributed by atoms with E-state index >= 15 is 0 Å². The second-order valence-electron chi connectivity index (χ2n) is 8.69. The van der Waals surface area contributed by atoms with Crippen molar-refractivity contribution in [3.05, 3.63) is 77.1 Å². The summed E-state index contributed by atoms with van der Waals surface area (Å²) in [5, 5.41) is 24.5. The van der Waals surface area contributed by atoms with Crippen LogP contribution in [0.25, 0.3) is 11.1 Å². The van der Waals surface area contributed by atoms with Crippen LogP contribution in [0.15, 0.2) is 66.0 Å². The van der Waals surface area contributed by atoms with Gasteiger partial charge in [-0.05, 0) is 60.9 Å². The van der Waals surface area contributed by atoms with Gasteiger partial charge >= 0.3 is 5.97 Å². The predicted molar refractivity (Wildman–Crippen MR) is 138 cm³/mol. The van der Waals surface area contributed by atoms with Gasteiger partial charge in [0.2, 0.25) is 17.8 Å². The molecule has 1 aliphatic rings. The molecule has 0 saturated heterocycles. The molecule has 1 aromatic heterocycles. The monoisotopic (exact) mass is 521 g/mol. The zero-order valence-corrected chi connectivity index (χ0v) is 20.8. The predicted octanol–water partition coefficient (Wildman–Crippen LogP) is 4.93. The van der Waals surface area contributed by atoms with E-state index in [1.807, 2.05) is 12.1 Å². The first kappa shape index (κ1) is 25.8. The molecular weight excluding hydrogens is 496 g/mol. The maximum Gasteiger partial charge on any atom is 0.335 e. The van der Waals surface area contributed by atoms with Crippen LogP contribution in [0.4, 0.5) is 11.4 Å². The first-order valence-electron chi connectivity index (χ1n) is 11.6. The lowest BCUT2D eigenvalue weighted by Crippen LogP contribution is -2.47. The molecule has 0 unspecified atom stereocenters. The van der Waals surface area contributed by atoms with Crippen LogP contribution in [-0.4, -0.2) is 30.4 Å². The van der Waals surface area contributed by atoms with Gasteiger partial charge in [-0.25, -0.2) is 9.80 Å². The SMILES string of the molecule is CO[n+]1cc(-c2cc(Cl)ccc2N(C=N)N=N)ccc1[C@H](CC1CC1)C(=O)Nc1ccc(C(=O)O)cc1. The maximum atomic E-state index is 13.4. The van der Waals surface area contributed by atoms with E-state index in [-0.39, 0.29) is 11.5 Å². The van der Waals surface area contributed by atoms with Gasteiger partial charge in [-0.1, -0.05) is 29.7 Å². The van der Waals surface area contributed by atoms with Gasteiger partial charge in [-0.2, -0.15) is 5.53 Å². The van der Waals surface area contributed by atoms with Gasteiger partial charge in [0.25, 0.3) is 0 Å². The fraction of sp³-hybridized carbons (Fsp3) is 0.231. The molecule has 0 aliphatic heterocycles. The molecule has 0 bridgehead atoms. The normalized spacial score (nSPS) is 13.4. The van der Waals surface area contributed by atoms with Crippen LogP contribution in [0, 0.1) is 16.9 Å². The summed E-state index contributed by atoms with van der Waals surface area (Å²) >= 11 is 6.25. The fourth-order valence-electron chi connectivity index (χ4n) is 4.15. The highest BCUT2D eigenvalue weighted by Crippen LogP contribution is 2.39. The smallest absolute Gasteiger partial charge is 0.335 e. The molecule has 1 amide bonds. The van der Waals surface area contributed by atoms with Crippen molar-refractivity contribution in [3.8, 4) is 11.1 Å². The molecule has 37 heavy (non-hydrogen) atoms. The topological polar surface area (TPSA) is 143 Å². The summed E-state index contributed by atoms with van der Waals surface area (Å²) in [5.74, 6) is -1.33. The van der Waals surface area contributed by atoms with Crippen LogP contribution in [0.2, 0.25) is 5.02 Å². The van der Waals surface area contributed by atoms with Crippen molar-refractivity contribution in [2.45, 2.75) is 25.2 Å². The lowest BCUT2D eigenvalue weighted by molar-refractivity contribution is -0.890. The largest absolute Gasteiger partial charge is 0.478 e. The minimum atomic E-state index is -1.03. The molecule has 10 nitrogen and oxygen atoms in total. The number of carboxylic acids is 1. The van der Waals surface area contributed by atoms with E-state index in [1.54, 1.807) is 36.5 Å². The van der Waals surface area contributed by atoms with Gasteiger partial charge in [0.05, 0.1) is 16.8 Å². The summed E-state index contributed by atoms with van der Waals surface area (Å²) < 4.78 is 1.53. The van der Waals surface area contributed by atoms with Crippen molar-refractivity contribution in [2.75, 3.05) is 17.4 Å². The number of amides is 1. The lowest BCUT2D eigenvalue weighted by Gasteiger charge is -2.17. The molecule has 1 saturated carbocycles. The number of nitrogens with zero attached hydrogens (tertiary/aromatic N) is 3. The van der Waals surface area contributed by atoms with Gasteiger partial charge in [-0.15, -0.1) is 0 Å². The highest BCUT2D eigenvalue weighted by Gasteiger charge is 2.36. The average molecular weight is 522 g/mol. The number of aromatic carboxylic acids is 1. The van der Waals surface area contributed by atoms with Crippen molar-refractivity contribution in [3.63, 3.8) is 0 Å². The van der Waals surface area contributed by atoms with Crippen molar-refractivity contribution in [1.29, 1.82) is 10.9 Å². The van der Waals surface area contributed by atoms with E-state index in [4.69, 9.17) is 32.5 Å². The van der Waals surface area contributed by atoms with Crippen LogP contribution in [0.5, 0.6) is 0 Å². The Morgan fingerprint density at radius 3 is 2.57 bits per heavy atom. The van der Waals surface area contributed by atoms with Crippen LogP contribution in [-0.2, 0) is 4.79 Å². The molecule has 4 N–H and O–H groups in total. The molecule has 1 fully saturated rings. The standard InChI is InChI=1S/C26H25ClN6O4/c1-37-33-14-18(21-13-19(27)7-11-23(21)32(15-28)31-29)6-10-24(33)22(12-16-2-3-16)25(34)30-20-8-4-17(5-9-20)26(35)36/h4-11,13-16,22,28-29H,2-3,12H2,1H3,(H-,30,34,35,36)/p+1/t22-/m0/s1. The zero-order valence-electron chi connectivity index (χ0n) is 20.0. The van der Waals surface area contributed by atoms with Crippen molar-refractivity contribution in [2.24, 2.45) is 11.1 Å². The molecule has 1 atom stereocenters. The molecule has 0 radical (unpaired) electrons. The first-order chi connectivity index (χ1) is 17.8. The average Bonchev–Trinajstić information content (AvgIpc) is 3.73. The van der Waals surface area contributed by atoms with Crippen LogP contribution in [0.1, 0.15) is 41.2 Å². The number of benzene rings is 2. The molecule has 2 aromatic carbocycles. The number of hydrogen-bond acceptors (Lipinski definition) is 6. The third-order valence-corrected chi connectivity index (χ3v) is 6.46. The van der Waals surface area contributed by atoms with E-state index in [0.717, 1.165) is 24.2 Å². The van der Waals surface area contributed by atoms with Gasteiger partial charge in [-0.3, -0.25) is 15.0 Å². The minimum absolute atomic E-state index is 0.139. The van der Waals surface area contributed by atoms with Crippen LogP contribution >= 0.6 is 11.6 Å². The number of carbonyl (C=O) groups is 2. The van der Waals surface area contributed by atoms with E-state index in [2.05, 4.69) is 10.5 Å². The Morgan fingerprint density at radius 1 is 1.24 bits per heavy atom. The van der Waals surface area contributed by atoms with Gasteiger partial charge in [0.15, 0.2) is 0 Å². The number of carboxylic acid groups (broad SMARTS) is 1. The first-order valence-corrected chi connectivity index (χ1v) is 11.9. The fourth-order valence-corrected chi connectivity index (χ4v) is 4.32. The number of hydrogen-bond donors (Lipinski definition) is 4. The van der Waals surface area contributed by atoms with Crippen molar-refractivity contribution in [1.82, 2.24) is 0 Å². The summed E-state index contributed by atoms with van der Waals surface area (Å²) in [6.45, 7) is 0. The molecule has 1 heterocycles. The van der Waals surface area contributed by atoms with Crippen LogP contribution in [0.3, 0.4) is 0 Å². The van der Waals surface area contributed by atoms with Gasteiger partial charge in [0, 0.05) is 27.1 Å². The Hall–Kier alpha value is -4.31. The minimum Gasteiger partial charge on any atom is -0.478 e. The summed E-state index contributed by atoms with van der Waals surface area (Å²) in [6.07, 6.45) is 5.42. The number of nitrogens with one attached hydrogen (secondary N) is 3. The number of pyridine rings is 1. The van der Waals surface area contributed by atoms with Gasteiger partial charge < -0.3 is 10.4 Å². The Kier molecular flexibility index (Phi) is 7.78. The summed E-state index contributed by atoms with van der Waals surface area (Å²) in [4.78, 5) is 30.2. The molecule has 190 valence electrons. The Balaban J connectivity index is 1.68. The van der Waals surface area contributed by atoms with Crippen molar-refractivity contribution < 1.29 is 24.3 Å². The Morgan fingerprint density at radius 2 is 1.97 bits per heavy atom. The second-order valence-corrected chi connectivity index (χ2v) is 9.13. The van der Waals surface area contributed by atoms with Gasteiger partial charge in [0.1, 0.15) is 19.4 Å². The lowest BCUT2D eigenvalue weighted by atomic mass is 9.95. The zero-order chi connectivity index (χ0) is 26.5. The molecule has 11 heteroatoms. The Labute approximate surface area is 218 Å². The third-order valence-electron chi connectivity index (χ3n) is 6.23. The quantitative estimate of drug-likeness (QED) is 0.0929. The third kappa shape index (κ3) is 5.92. The second kappa shape index (κ2) is 11.2.